The van der Waals surface area contributed by atoms with E-state index in [4.69, 9.17) is 45.3 Å². The highest BCUT2D eigenvalue weighted by molar-refractivity contribution is 6.40. The van der Waals surface area contributed by atoms with Crippen LogP contribution in [0, 0.1) is 0 Å². The van der Waals surface area contributed by atoms with Crippen molar-refractivity contribution in [2.75, 3.05) is 26.4 Å². The number of nitrogens with zero attached hydrogens (tertiary/aromatic N) is 2. The van der Waals surface area contributed by atoms with Crippen LogP contribution in [0.25, 0.3) is 0 Å². The number of quaternary nitrogens is 1. The predicted molar refractivity (Wildman–Crippen MR) is 92.7 cm³/mol. The summed E-state index contributed by atoms with van der Waals surface area (Å²) < 4.78 is 6.34. The number of primary amides is 1. The number of hydrogen-bond donors (Lipinski definition) is 1. The average Bonchev–Trinajstić information content (AvgIpc) is 2.87. The molecule has 1 heterocycles. The molecule has 1 aromatic rings. The second-order valence-corrected chi connectivity index (χ2v) is 6.71. The molecule has 2 rings (SSSR count). The second-order valence-electron chi connectivity index (χ2n) is 5.46. The molecule has 1 unspecified atom stereocenters. The van der Waals surface area contributed by atoms with Gasteiger partial charge in [-0.1, -0.05) is 41.7 Å². The molecule has 5 nitrogen and oxygen atoms in total. The number of carbonyl (C=O) groups is 1. The van der Waals surface area contributed by atoms with Gasteiger partial charge in [0, 0.05) is 5.02 Å². The van der Waals surface area contributed by atoms with Gasteiger partial charge in [0.2, 0.25) is 0 Å². The number of amides is 2. The maximum Gasteiger partial charge on any atom is 0.323 e. The SMILES string of the molecule is CCC[N+]1(CCOc2c(Cl)cc(Cl)cc2Cl)C=CN(C(N)=O)C1. The molecule has 1 aromatic carbocycles. The number of urea groups is 1. The maximum atomic E-state index is 11.3. The van der Waals surface area contributed by atoms with Gasteiger partial charge < -0.3 is 10.5 Å². The summed E-state index contributed by atoms with van der Waals surface area (Å²) in [5, 5.41) is 1.21. The monoisotopic (exact) mass is 378 g/mol. The first-order chi connectivity index (χ1) is 10.9. The number of carbonyl (C=O) groups excluding carboxylic acids is 1. The summed E-state index contributed by atoms with van der Waals surface area (Å²) in [7, 11) is 0. The molecule has 0 spiro atoms. The van der Waals surface area contributed by atoms with E-state index >= 15 is 0 Å². The van der Waals surface area contributed by atoms with Crippen molar-refractivity contribution in [3.63, 3.8) is 0 Å². The fraction of sp³-hybridized carbons (Fsp3) is 0.400. The summed E-state index contributed by atoms with van der Waals surface area (Å²) in [5.74, 6) is 0.419. The quantitative estimate of drug-likeness (QED) is 0.757. The van der Waals surface area contributed by atoms with Crippen molar-refractivity contribution in [1.82, 2.24) is 4.90 Å². The first kappa shape index (κ1) is 18.2. The minimum absolute atomic E-state index is 0.375. The third-order valence-electron chi connectivity index (χ3n) is 3.69. The van der Waals surface area contributed by atoms with E-state index in [-0.39, 0.29) is 0 Å². The van der Waals surface area contributed by atoms with Crippen LogP contribution in [0.1, 0.15) is 13.3 Å². The molecule has 8 heteroatoms. The molecule has 1 aliphatic heterocycles. The Morgan fingerprint density at radius 2 is 1.96 bits per heavy atom. The van der Waals surface area contributed by atoms with Crippen molar-refractivity contribution in [3.8, 4) is 5.75 Å². The van der Waals surface area contributed by atoms with Crippen LogP contribution in [0.2, 0.25) is 15.1 Å². The Bertz CT molecular complexity index is 601. The topological polar surface area (TPSA) is 55.6 Å². The van der Waals surface area contributed by atoms with E-state index in [1.165, 1.54) is 4.90 Å². The molecule has 0 saturated heterocycles. The molecule has 0 fully saturated rings. The molecule has 0 aliphatic carbocycles. The largest absolute Gasteiger partial charge is 0.485 e. The lowest BCUT2D eigenvalue weighted by Crippen LogP contribution is -2.49. The van der Waals surface area contributed by atoms with Crippen LogP contribution in [-0.4, -0.2) is 41.8 Å². The van der Waals surface area contributed by atoms with E-state index in [1.54, 1.807) is 18.3 Å². The lowest BCUT2D eigenvalue weighted by molar-refractivity contribution is -0.880. The van der Waals surface area contributed by atoms with Crippen LogP contribution in [0.3, 0.4) is 0 Å². The number of benzene rings is 1. The van der Waals surface area contributed by atoms with Gasteiger partial charge in [-0.2, -0.15) is 0 Å². The second kappa shape index (κ2) is 7.62. The normalized spacial score (nSPS) is 20.1. The van der Waals surface area contributed by atoms with Crippen LogP contribution < -0.4 is 10.5 Å². The predicted octanol–water partition coefficient (Wildman–Crippen LogP) is 4.08. The lowest BCUT2D eigenvalue weighted by Gasteiger charge is -2.32. The van der Waals surface area contributed by atoms with Gasteiger partial charge in [0.15, 0.2) is 12.4 Å². The molecule has 0 bridgehead atoms. The summed E-state index contributed by atoms with van der Waals surface area (Å²) in [6, 6.07) is 2.72. The van der Waals surface area contributed by atoms with Gasteiger partial charge in [-0.05, 0) is 18.6 Å². The minimum atomic E-state index is -0.456. The summed E-state index contributed by atoms with van der Waals surface area (Å²) in [4.78, 5) is 12.8. The molecule has 0 saturated carbocycles. The van der Waals surface area contributed by atoms with Gasteiger partial charge in [0.05, 0.1) is 22.8 Å². The summed E-state index contributed by atoms with van der Waals surface area (Å²) in [6.45, 7) is 4.55. The molecule has 2 N–H and O–H groups in total. The van der Waals surface area contributed by atoms with E-state index in [0.717, 1.165) is 13.0 Å². The van der Waals surface area contributed by atoms with Crippen molar-refractivity contribution < 1.29 is 14.0 Å². The molecular weight excluding hydrogens is 361 g/mol. The van der Waals surface area contributed by atoms with Crippen LogP contribution in [0.15, 0.2) is 24.5 Å². The number of rotatable bonds is 6. The van der Waals surface area contributed by atoms with Gasteiger partial charge in [-0.3, -0.25) is 4.48 Å². The highest BCUT2D eigenvalue weighted by Gasteiger charge is 2.33. The standard InChI is InChI=1S/C15H18Cl3N3O2/c1-2-4-21(5-3-20(10-21)15(19)22)6-7-23-14-12(17)8-11(16)9-13(14)18/h3,5,8-9H,2,4,6-7,10H2,1H3,(H-,19,22)/p+1. The van der Waals surface area contributed by atoms with Crippen molar-refractivity contribution in [2.24, 2.45) is 5.73 Å². The molecular formula is C15H19Cl3N3O2+. The van der Waals surface area contributed by atoms with E-state index in [1.807, 2.05) is 6.20 Å². The number of hydrogen-bond acceptors (Lipinski definition) is 2. The van der Waals surface area contributed by atoms with Crippen molar-refractivity contribution in [3.05, 3.63) is 39.6 Å². The fourth-order valence-corrected chi connectivity index (χ4v) is 3.53. The van der Waals surface area contributed by atoms with Crippen LogP contribution in [0.4, 0.5) is 4.79 Å². The highest BCUT2D eigenvalue weighted by Crippen LogP contribution is 2.35. The molecule has 0 radical (unpaired) electrons. The highest BCUT2D eigenvalue weighted by atomic mass is 35.5. The summed E-state index contributed by atoms with van der Waals surface area (Å²) in [5.41, 5.74) is 5.34. The Hall–Kier alpha value is -1.14. The van der Waals surface area contributed by atoms with Crippen molar-refractivity contribution in [2.45, 2.75) is 13.3 Å². The Balaban J connectivity index is 2.01. The van der Waals surface area contributed by atoms with Gasteiger partial charge >= 0.3 is 6.03 Å². The van der Waals surface area contributed by atoms with E-state index < -0.39 is 6.03 Å². The van der Waals surface area contributed by atoms with Crippen molar-refractivity contribution >= 4 is 40.8 Å². The van der Waals surface area contributed by atoms with Gasteiger partial charge in [0.25, 0.3) is 0 Å². The molecule has 1 atom stereocenters. The fourth-order valence-electron chi connectivity index (χ4n) is 2.61. The Morgan fingerprint density at radius 3 is 2.48 bits per heavy atom. The first-order valence-corrected chi connectivity index (χ1v) is 8.39. The summed E-state index contributed by atoms with van der Waals surface area (Å²) >= 11 is 18.1. The zero-order valence-corrected chi connectivity index (χ0v) is 15.0. The molecule has 23 heavy (non-hydrogen) atoms. The van der Waals surface area contributed by atoms with Gasteiger partial charge in [0.1, 0.15) is 19.4 Å². The van der Waals surface area contributed by atoms with E-state index in [2.05, 4.69) is 6.92 Å². The minimum Gasteiger partial charge on any atom is -0.485 e. The third-order valence-corrected chi connectivity index (χ3v) is 4.47. The number of nitrogens with two attached hydrogens (primary N) is 1. The third kappa shape index (κ3) is 4.44. The molecule has 126 valence electrons. The zero-order valence-electron chi connectivity index (χ0n) is 12.8. The van der Waals surface area contributed by atoms with Gasteiger partial charge in [-0.25, -0.2) is 9.69 Å². The molecule has 0 aromatic heterocycles. The van der Waals surface area contributed by atoms with E-state index in [0.29, 0.717) is 45.1 Å². The first-order valence-electron chi connectivity index (χ1n) is 7.25. The van der Waals surface area contributed by atoms with Gasteiger partial charge in [-0.15, -0.1) is 0 Å². The molecule has 1 aliphatic rings. The number of halogens is 3. The molecule has 2 amide bonds. The Labute approximate surface area is 150 Å². The summed E-state index contributed by atoms with van der Waals surface area (Å²) in [6.07, 6.45) is 4.67. The lowest BCUT2D eigenvalue weighted by atomic mass is 10.3. The average molecular weight is 380 g/mol. The van der Waals surface area contributed by atoms with Crippen molar-refractivity contribution in [1.29, 1.82) is 0 Å². The zero-order chi connectivity index (χ0) is 17.0. The number of ether oxygens (including phenoxy) is 1. The Kier molecular flexibility index (Phi) is 6.03. The maximum absolute atomic E-state index is 11.3. The smallest absolute Gasteiger partial charge is 0.323 e. The van der Waals surface area contributed by atoms with Crippen LogP contribution in [-0.2, 0) is 0 Å². The van der Waals surface area contributed by atoms with Crippen LogP contribution in [0.5, 0.6) is 5.75 Å². The Morgan fingerprint density at radius 1 is 1.30 bits per heavy atom. The van der Waals surface area contributed by atoms with E-state index in [9.17, 15) is 4.79 Å². The van der Waals surface area contributed by atoms with Crippen LogP contribution >= 0.6 is 34.8 Å².